The van der Waals surface area contributed by atoms with Crippen molar-refractivity contribution in [1.29, 1.82) is 0 Å². The number of nitro groups is 1. The average molecular weight is 340 g/mol. The van der Waals surface area contributed by atoms with E-state index in [2.05, 4.69) is 32.9 Å². The third kappa shape index (κ3) is 3.68. The van der Waals surface area contributed by atoms with E-state index >= 15 is 0 Å². The van der Waals surface area contributed by atoms with Crippen molar-refractivity contribution in [3.05, 3.63) is 22.1 Å². The number of hydrogen-bond acceptors (Lipinski definition) is 5. The van der Waals surface area contributed by atoms with Gasteiger partial charge in [0.1, 0.15) is 6.20 Å². The highest BCUT2D eigenvalue weighted by Gasteiger charge is 2.16. The summed E-state index contributed by atoms with van der Waals surface area (Å²) in [5, 5.41) is 23.1. The van der Waals surface area contributed by atoms with Gasteiger partial charge in [0.15, 0.2) is 0 Å². The summed E-state index contributed by atoms with van der Waals surface area (Å²) >= 11 is 2.14. The van der Waals surface area contributed by atoms with Crippen LogP contribution in [0.2, 0.25) is 0 Å². The van der Waals surface area contributed by atoms with Crippen LogP contribution in [0.25, 0.3) is 0 Å². The van der Waals surface area contributed by atoms with Crippen molar-refractivity contribution in [2.24, 2.45) is 0 Å². The molecule has 1 aromatic rings. The zero-order valence-electron chi connectivity index (χ0n) is 8.76. The standard InChI is InChI=1S/C8H13IN4O3/c1-6-11-8(13(15)16)4-12(6)3-7(14)2-10-5-9/h4,7,10,14H,2-3,5H2,1H3. The minimum absolute atomic E-state index is 0.188. The third-order valence-electron chi connectivity index (χ3n) is 2.03. The second-order valence-electron chi connectivity index (χ2n) is 3.30. The molecule has 0 fully saturated rings. The van der Waals surface area contributed by atoms with Crippen LogP contribution in [0.15, 0.2) is 6.20 Å². The van der Waals surface area contributed by atoms with Crippen LogP contribution >= 0.6 is 22.6 Å². The second-order valence-corrected chi connectivity index (χ2v) is 4.06. The van der Waals surface area contributed by atoms with Gasteiger partial charge < -0.3 is 25.1 Å². The van der Waals surface area contributed by atoms with E-state index < -0.39 is 11.0 Å². The third-order valence-corrected chi connectivity index (χ3v) is 2.57. The smallest absolute Gasteiger partial charge is 0.381 e. The molecule has 0 bridgehead atoms. The fraction of sp³-hybridized carbons (Fsp3) is 0.625. The molecule has 0 spiro atoms. The Morgan fingerprint density at radius 3 is 3.00 bits per heavy atom. The summed E-state index contributed by atoms with van der Waals surface area (Å²) in [6, 6.07) is 0. The summed E-state index contributed by atoms with van der Waals surface area (Å²) in [5.74, 6) is 0.340. The Morgan fingerprint density at radius 1 is 1.81 bits per heavy atom. The number of nitrogens with one attached hydrogen (secondary N) is 1. The molecule has 1 heterocycles. The maximum atomic E-state index is 10.5. The first-order chi connectivity index (χ1) is 7.54. The van der Waals surface area contributed by atoms with Crippen LogP contribution < -0.4 is 5.32 Å². The minimum atomic E-state index is -0.581. The van der Waals surface area contributed by atoms with Crippen molar-refractivity contribution >= 4 is 28.4 Å². The lowest BCUT2D eigenvalue weighted by Crippen LogP contribution is -2.29. The van der Waals surface area contributed by atoms with Gasteiger partial charge in [-0.2, -0.15) is 0 Å². The van der Waals surface area contributed by atoms with Gasteiger partial charge in [0.25, 0.3) is 0 Å². The van der Waals surface area contributed by atoms with Crippen LogP contribution in [0.5, 0.6) is 0 Å². The van der Waals surface area contributed by atoms with Gasteiger partial charge in [-0.05, 0) is 9.91 Å². The molecule has 0 aliphatic carbocycles. The lowest BCUT2D eigenvalue weighted by atomic mass is 10.3. The molecule has 8 heteroatoms. The van der Waals surface area contributed by atoms with Gasteiger partial charge >= 0.3 is 5.82 Å². The molecule has 0 amide bonds. The largest absolute Gasteiger partial charge is 0.390 e. The lowest BCUT2D eigenvalue weighted by molar-refractivity contribution is -0.389. The minimum Gasteiger partial charge on any atom is -0.390 e. The highest BCUT2D eigenvalue weighted by atomic mass is 127. The molecule has 1 atom stereocenters. The molecule has 0 saturated carbocycles. The first-order valence-corrected chi connectivity index (χ1v) is 6.20. The summed E-state index contributed by atoms with van der Waals surface area (Å²) < 4.78 is 2.33. The van der Waals surface area contributed by atoms with E-state index in [0.717, 1.165) is 4.55 Å². The van der Waals surface area contributed by atoms with Crippen LogP contribution in [0, 0.1) is 17.0 Å². The number of aromatic nitrogens is 2. The fourth-order valence-electron chi connectivity index (χ4n) is 1.28. The maximum absolute atomic E-state index is 10.5. The van der Waals surface area contributed by atoms with Crippen LogP contribution in [0.4, 0.5) is 5.82 Å². The molecular weight excluding hydrogens is 327 g/mol. The SMILES string of the molecule is Cc1nc([N+](=O)[O-])cn1CC(O)CNCI. The zero-order chi connectivity index (χ0) is 12.1. The second kappa shape index (κ2) is 6.11. The Hall–Kier alpha value is -0.740. The number of aryl methyl sites for hydroxylation is 1. The highest BCUT2D eigenvalue weighted by molar-refractivity contribution is 14.1. The molecular formula is C8H13IN4O3. The zero-order valence-corrected chi connectivity index (χ0v) is 10.9. The summed E-state index contributed by atoms with van der Waals surface area (Å²) in [5.41, 5.74) is 0. The Balaban J connectivity index is 2.62. The van der Waals surface area contributed by atoms with E-state index in [4.69, 9.17) is 0 Å². The van der Waals surface area contributed by atoms with E-state index in [1.165, 1.54) is 6.20 Å². The number of halogens is 1. The molecule has 0 radical (unpaired) electrons. The quantitative estimate of drug-likeness (QED) is 0.258. The molecule has 0 aliphatic heterocycles. The van der Waals surface area contributed by atoms with Crippen LogP contribution in [-0.4, -0.2) is 36.8 Å². The molecule has 16 heavy (non-hydrogen) atoms. The monoisotopic (exact) mass is 340 g/mol. The number of imidazole rings is 1. The van der Waals surface area contributed by atoms with Gasteiger partial charge in [0.2, 0.25) is 5.82 Å². The Labute approximate surface area is 106 Å². The summed E-state index contributed by atoms with van der Waals surface area (Å²) in [6.45, 7) is 2.43. The van der Waals surface area contributed by atoms with Crippen LogP contribution in [-0.2, 0) is 6.54 Å². The maximum Gasteiger partial charge on any atom is 0.381 e. The molecule has 1 aromatic heterocycles. The van der Waals surface area contributed by atoms with E-state index in [-0.39, 0.29) is 5.82 Å². The molecule has 2 N–H and O–H groups in total. The predicted molar refractivity (Wildman–Crippen MR) is 66.5 cm³/mol. The molecule has 0 saturated heterocycles. The van der Waals surface area contributed by atoms with E-state index in [1.54, 1.807) is 11.5 Å². The number of alkyl halides is 1. The first kappa shape index (κ1) is 13.3. The van der Waals surface area contributed by atoms with Gasteiger partial charge in [-0.15, -0.1) is 0 Å². The average Bonchev–Trinajstić information content (AvgIpc) is 2.57. The van der Waals surface area contributed by atoms with Gasteiger partial charge in [0, 0.05) is 18.0 Å². The highest BCUT2D eigenvalue weighted by Crippen LogP contribution is 2.10. The summed E-state index contributed by atoms with van der Waals surface area (Å²) in [6.07, 6.45) is 0.755. The number of aliphatic hydroxyl groups is 1. The van der Waals surface area contributed by atoms with E-state index in [9.17, 15) is 15.2 Å². The van der Waals surface area contributed by atoms with Gasteiger partial charge in [0.05, 0.1) is 12.6 Å². The van der Waals surface area contributed by atoms with Crippen LogP contribution in [0.3, 0.4) is 0 Å². The predicted octanol–water partition coefficient (Wildman–Crippen LogP) is 0.443. The fourth-order valence-corrected chi connectivity index (χ4v) is 1.59. The van der Waals surface area contributed by atoms with Gasteiger partial charge in [-0.3, -0.25) is 0 Å². The summed E-state index contributed by atoms with van der Waals surface area (Å²) in [7, 11) is 0. The van der Waals surface area contributed by atoms with Crippen LogP contribution in [0.1, 0.15) is 5.82 Å². The Bertz CT molecular complexity index is 368. The van der Waals surface area contributed by atoms with E-state index in [1.807, 2.05) is 0 Å². The van der Waals surface area contributed by atoms with Crippen molar-refractivity contribution < 1.29 is 10.0 Å². The molecule has 90 valence electrons. The molecule has 1 unspecified atom stereocenters. The van der Waals surface area contributed by atoms with Crippen molar-refractivity contribution in [2.75, 3.05) is 11.1 Å². The first-order valence-electron chi connectivity index (χ1n) is 4.67. The van der Waals surface area contributed by atoms with Crippen molar-refractivity contribution in [3.63, 3.8) is 0 Å². The van der Waals surface area contributed by atoms with E-state index in [0.29, 0.717) is 18.9 Å². The van der Waals surface area contributed by atoms with Crippen molar-refractivity contribution in [2.45, 2.75) is 19.6 Å². The number of nitrogens with zero attached hydrogens (tertiary/aromatic N) is 3. The number of rotatable bonds is 6. The number of aliphatic hydroxyl groups excluding tert-OH is 1. The Morgan fingerprint density at radius 2 is 2.50 bits per heavy atom. The summed E-state index contributed by atoms with van der Waals surface area (Å²) in [4.78, 5) is 13.7. The molecule has 0 aliphatic rings. The van der Waals surface area contributed by atoms with Gasteiger partial charge in [-0.25, -0.2) is 0 Å². The topological polar surface area (TPSA) is 93.2 Å². The molecule has 1 rings (SSSR count). The molecule has 0 aromatic carbocycles. The lowest BCUT2D eigenvalue weighted by Gasteiger charge is -2.10. The van der Waals surface area contributed by atoms with Gasteiger partial charge in [-0.1, -0.05) is 22.6 Å². The Kier molecular flexibility index (Phi) is 5.09. The van der Waals surface area contributed by atoms with Crippen molar-refractivity contribution in [3.8, 4) is 0 Å². The normalized spacial score (nSPS) is 12.7. The number of hydrogen-bond donors (Lipinski definition) is 2. The van der Waals surface area contributed by atoms with Crippen molar-refractivity contribution in [1.82, 2.24) is 14.9 Å². The molecule has 7 nitrogen and oxygen atoms in total.